The summed E-state index contributed by atoms with van der Waals surface area (Å²) < 4.78 is 4.90. The Morgan fingerprint density at radius 1 is 1.69 bits per heavy atom. The first-order chi connectivity index (χ1) is 6.24. The summed E-state index contributed by atoms with van der Waals surface area (Å²) in [6.45, 7) is 0.964. The molecule has 1 aromatic rings. The summed E-state index contributed by atoms with van der Waals surface area (Å²) in [4.78, 5) is 13.0. The molecule has 0 unspecified atom stereocenters. The molecule has 0 spiro atoms. The topological polar surface area (TPSA) is 45.5 Å². The molecule has 13 heavy (non-hydrogen) atoms. The van der Waals surface area contributed by atoms with Crippen molar-refractivity contribution in [3.05, 3.63) is 24.2 Å². The predicted octanol–water partition coefficient (Wildman–Crippen LogP) is 0.457. The average molecular weight is 182 g/mol. The second-order valence-corrected chi connectivity index (χ2v) is 2.91. The molecule has 1 aromatic heterocycles. The smallest absolute Gasteiger partial charge is 0.236 e. The molecule has 0 aliphatic heterocycles. The fourth-order valence-corrected chi connectivity index (χ4v) is 1.03. The number of nitrogens with one attached hydrogen (secondary N) is 1. The van der Waals surface area contributed by atoms with Crippen LogP contribution in [0.2, 0.25) is 0 Å². The van der Waals surface area contributed by atoms with Crippen LogP contribution in [0.5, 0.6) is 0 Å². The van der Waals surface area contributed by atoms with E-state index in [-0.39, 0.29) is 5.91 Å². The summed E-state index contributed by atoms with van der Waals surface area (Å²) in [5.41, 5.74) is 1.01. The van der Waals surface area contributed by atoms with E-state index in [1.807, 2.05) is 6.07 Å². The molecular weight excluding hydrogens is 168 g/mol. The number of hydrogen-bond acceptors (Lipinski definition) is 3. The van der Waals surface area contributed by atoms with Gasteiger partial charge in [-0.25, -0.2) is 0 Å². The van der Waals surface area contributed by atoms with E-state index in [4.69, 9.17) is 4.42 Å². The Balaban J connectivity index is 2.41. The van der Waals surface area contributed by atoms with E-state index < -0.39 is 0 Å². The minimum Gasteiger partial charge on any atom is -0.472 e. The van der Waals surface area contributed by atoms with E-state index in [1.165, 1.54) is 0 Å². The Hall–Kier alpha value is -1.29. The van der Waals surface area contributed by atoms with Gasteiger partial charge in [-0.1, -0.05) is 0 Å². The van der Waals surface area contributed by atoms with Crippen LogP contribution >= 0.6 is 0 Å². The van der Waals surface area contributed by atoms with E-state index >= 15 is 0 Å². The van der Waals surface area contributed by atoms with Crippen molar-refractivity contribution in [2.45, 2.75) is 6.54 Å². The molecule has 0 saturated carbocycles. The fourth-order valence-electron chi connectivity index (χ4n) is 1.03. The van der Waals surface area contributed by atoms with E-state index in [0.717, 1.165) is 5.56 Å². The lowest BCUT2D eigenvalue weighted by Crippen LogP contribution is -2.33. The van der Waals surface area contributed by atoms with Gasteiger partial charge in [-0.3, -0.25) is 4.79 Å². The third kappa shape index (κ3) is 2.91. The molecule has 4 nitrogen and oxygen atoms in total. The van der Waals surface area contributed by atoms with Crippen LogP contribution in [0.25, 0.3) is 0 Å². The van der Waals surface area contributed by atoms with Crippen LogP contribution in [0.4, 0.5) is 0 Å². The van der Waals surface area contributed by atoms with Gasteiger partial charge in [-0.2, -0.15) is 0 Å². The highest BCUT2D eigenvalue weighted by atomic mass is 16.3. The van der Waals surface area contributed by atoms with Crippen molar-refractivity contribution < 1.29 is 9.21 Å². The van der Waals surface area contributed by atoms with Gasteiger partial charge in [-0.05, 0) is 13.1 Å². The lowest BCUT2D eigenvalue weighted by molar-refractivity contribution is -0.129. The molecule has 1 N–H and O–H groups in total. The number of amides is 1. The zero-order valence-corrected chi connectivity index (χ0v) is 7.91. The van der Waals surface area contributed by atoms with Gasteiger partial charge in [0.05, 0.1) is 19.1 Å². The van der Waals surface area contributed by atoms with Crippen LogP contribution in [-0.2, 0) is 11.3 Å². The zero-order chi connectivity index (χ0) is 9.68. The molecule has 1 rings (SSSR count). The maximum atomic E-state index is 11.3. The van der Waals surface area contributed by atoms with Crippen molar-refractivity contribution in [3.8, 4) is 0 Å². The van der Waals surface area contributed by atoms with E-state index in [9.17, 15) is 4.79 Å². The van der Waals surface area contributed by atoms with Gasteiger partial charge in [0.2, 0.25) is 5.91 Å². The van der Waals surface area contributed by atoms with Gasteiger partial charge in [0.25, 0.3) is 0 Å². The second kappa shape index (κ2) is 4.67. The van der Waals surface area contributed by atoms with E-state index in [2.05, 4.69) is 5.32 Å². The van der Waals surface area contributed by atoms with Crippen molar-refractivity contribution in [3.63, 3.8) is 0 Å². The number of carbonyl (C=O) groups excluding carboxylic acids is 1. The summed E-state index contributed by atoms with van der Waals surface area (Å²) in [5, 5.41) is 2.81. The normalized spacial score (nSPS) is 10.0. The van der Waals surface area contributed by atoms with Crippen LogP contribution in [0.3, 0.4) is 0 Å². The van der Waals surface area contributed by atoms with Gasteiger partial charge < -0.3 is 14.6 Å². The lowest BCUT2D eigenvalue weighted by atomic mass is 10.3. The number of carbonyl (C=O) groups is 1. The standard InChI is InChI=1S/C9H14N2O2/c1-10-5-9(12)11(2)6-8-3-4-13-7-8/h3-4,7,10H,5-6H2,1-2H3. The molecule has 72 valence electrons. The molecule has 1 amide bonds. The van der Waals surface area contributed by atoms with Gasteiger partial charge in [0, 0.05) is 19.2 Å². The van der Waals surface area contributed by atoms with Crippen LogP contribution in [0.15, 0.2) is 23.0 Å². The summed E-state index contributed by atoms with van der Waals surface area (Å²) in [5.74, 6) is 0.0729. The Labute approximate surface area is 77.5 Å². The number of furan rings is 1. The highest BCUT2D eigenvalue weighted by Gasteiger charge is 2.07. The molecule has 1 heterocycles. The van der Waals surface area contributed by atoms with E-state index in [0.29, 0.717) is 13.1 Å². The first-order valence-corrected chi connectivity index (χ1v) is 4.13. The summed E-state index contributed by atoms with van der Waals surface area (Å²) in [6, 6.07) is 1.85. The Morgan fingerprint density at radius 3 is 3.00 bits per heavy atom. The monoisotopic (exact) mass is 182 g/mol. The minimum absolute atomic E-state index is 0.0729. The number of likely N-dealkylation sites (N-methyl/N-ethyl adjacent to an activating group) is 2. The van der Waals surface area contributed by atoms with Gasteiger partial charge >= 0.3 is 0 Å². The average Bonchev–Trinajstić information content (AvgIpc) is 2.57. The summed E-state index contributed by atoms with van der Waals surface area (Å²) in [6.07, 6.45) is 3.24. The SMILES string of the molecule is CNCC(=O)N(C)Cc1ccoc1. The highest BCUT2D eigenvalue weighted by molar-refractivity contribution is 5.77. The molecule has 0 bridgehead atoms. The number of rotatable bonds is 4. The number of hydrogen-bond donors (Lipinski definition) is 1. The molecule has 4 heteroatoms. The van der Waals surface area contributed by atoms with Crippen molar-refractivity contribution in [2.75, 3.05) is 20.6 Å². The van der Waals surface area contributed by atoms with E-state index in [1.54, 1.807) is 31.5 Å². The molecule has 0 saturated heterocycles. The summed E-state index contributed by atoms with van der Waals surface area (Å²) >= 11 is 0. The van der Waals surface area contributed by atoms with Crippen molar-refractivity contribution in [2.24, 2.45) is 0 Å². The third-order valence-corrected chi connectivity index (χ3v) is 1.75. The van der Waals surface area contributed by atoms with Crippen LogP contribution < -0.4 is 5.32 Å². The Morgan fingerprint density at radius 2 is 2.46 bits per heavy atom. The minimum atomic E-state index is 0.0729. The molecule has 0 aliphatic carbocycles. The molecule has 0 aromatic carbocycles. The second-order valence-electron chi connectivity index (χ2n) is 2.91. The van der Waals surface area contributed by atoms with Crippen molar-refractivity contribution in [1.82, 2.24) is 10.2 Å². The fraction of sp³-hybridized carbons (Fsp3) is 0.444. The Bertz CT molecular complexity index is 257. The quantitative estimate of drug-likeness (QED) is 0.735. The largest absolute Gasteiger partial charge is 0.472 e. The lowest BCUT2D eigenvalue weighted by Gasteiger charge is -2.15. The van der Waals surface area contributed by atoms with Crippen molar-refractivity contribution >= 4 is 5.91 Å². The third-order valence-electron chi connectivity index (χ3n) is 1.75. The molecule has 0 aliphatic rings. The Kier molecular flexibility index (Phi) is 3.52. The van der Waals surface area contributed by atoms with Gasteiger partial charge in [0.15, 0.2) is 0 Å². The van der Waals surface area contributed by atoms with Crippen LogP contribution in [0, 0.1) is 0 Å². The maximum Gasteiger partial charge on any atom is 0.236 e. The highest BCUT2D eigenvalue weighted by Crippen LogP contribution is 2.03. The van der Waals surface area contributed by atoms with Crippen molar-refractivity contribution in [1.29, 1.82) is 0 Å². The van der Waals surface area contributed by atoms with Gasteiger partial charge in [0.1, 0.15) is 0 Å². The van der Waals surface area contributed by atoms with Crippen LogP contribution in [0.1, 0.15) is 5.56 Å². The number of nitrogens with zero attached hydrogens (tertiary/aromatic N) is 1. The molecule has 0 atom stereocenters. The zero-order valence-electron chi connectivity index (χ0n) is 7.91. The summed E-state index contributed by atoms with van der Waals surface area (Å²) in [7, 11) is 3.52. The molecular formula is C9H14N2O2. The maximum absolute atomic E-state index is 11.3. The molecule has 0 fully saturated rings. The van der Waals surface area contributed by atoms with Gasteiger partial charge in [-0.15, -0.1) is 0 Å². The first kappa shape index (κ1) is 9.80. The first-order valence-electron chi connectivity index (χ1n) is 4.13. The predicted molar refractivity (Wildman–Crippen MR) is 49.1 cm³/mol. The van der Waals surface area contributed by atoms with Crippen LogP contribution in [-0.4, -0.2) is 31.4 Å². The molecule has 0 radical (unpaired) electrons.